The summed E-state index contributed by atoms with van der Waals surface area (Å²) in [6, 6.07) is 5.92. The molecule has 0 radical (unpaired) electrons. The van der Waals surface area contributed by atoms with Crippen molar-refractivity contribution in [2.45, 2.75) is 136 Å². The molecule has 1 fully saturated rings. The summed E-state index contributed by atoms with van der Waals surface area (Å²) < 4.78 is 11.9. The van der Waals surface area contributed by atoms with Crippen molar-refractivity contribution < 1.29 is 38.6 Å². The largest absolute Gasteiger partial charge is 0.480 e. The van der Waals surface area contributed by atoms with Crippen LogP contribution in [-0.2, 0) is 39.9 Å². The molecule has 0 aromatic heterocycles. The number of benzene rings is 1. The van der Waals surface area contributed by atoms with Gasteiger partial charge in [-0.25, -0.2) is 4.79 Å². The maximum absolute atomic E-state index is 14.3. The number of carbonyl (C=O) groups is 5. The van der Waals surface area contributed by atoms with Crippen LogP contribution in [0.4, 0.5) is 0 Å². The first-order chi connectivity index (χ1) is 25.9. The Kier molecular flexibility index (Phi) is 19.8. The molecule has 1 aliphatic heterocycles. The molecule has 55 heavy (non-hydrogen) atoms. The fourth-order valence-corrected chi connectivity index (χ4v) is 8.13. The standard InChI is InChI=1S/C42H71N5O8/c1-13-22-45(9)36(27(5)6)40(50)44-35(26(3)4)41(51)46(10)37(28(7)14-2)33(54-11)25-34(48)47-23-18-21-32(47)38(55-12)29(8)39(49)43-31(42(52)53)24-30-19-16-15-17-20-30/h15-17,19-20,26-29,31-33,35-38H,13-14,18,21-25H2,1-12H3,(H,43,49)(H,44,50)(H,52,53). The molecule has 2 rings (SSSR count). The third-order valence-electron chi connectivity index (χ3n) is 11.3. The predicted octanol–water partition coefficient (Wildman–Crippen LogP) is 4.23. The number of likely N-dealkylation sites (tertiary alicyclic amines) is 1. The Labute approximate surface area is 330 Å². The summed E-state index contributed by atoms with van der Waals surface area (Å²) in [5.41, 5.74) is 0.786. The highest BCUT2D eigenvalue weighted by Gasteiger charge is 2.43. The zero-order valence-electron chi connectivity index (χ0n) is 35.5. The van der Waals surface area contributed by atoms with E-state index < -0.39 is 54.2 Å². The molecule has 1 heterocycles. The highest BCUT2D eigenvalue weighted by molar-refractivity contribution is 5.90. The van der Waals surface area contributed by atoms with E-state index in [0.717, 1.165) is 24.9 Å². The van der Waals surface area contributed by atoms with Gasteiger partial charge in [-0.15, -0.1) is 0 Å². The SMILES string of the molecule is CCCN(C)C(C(=O)NC(C(=O)N(C)C(C(C)CC)C(CC(=O)N1CCCC1C(OC)C(C)C(=O)NC(Cc1ccccc1)C(=O)O)OC)C(C)C)C(C)C. The van der Waals surface area contributed by atoms with Gasteiger partial charge in [-0.3, -0.25) is 24.1 Å². The lowest BCUT2D eigenvalue weighted by Crippen LogP contribution is -2.60. The van der Waals surface area contributed by atoms with Gasteiger partial charge in [0.05, 0.1) is 42.7 Å². The summed E-state index contributed by atoms with van der Waals surface area (Å²) in [7, 11) is 6.70. The molecule has 0 spiro atoms. The number of methoxy groups -OCH3 is 2. The van der Waals surface area contributed by atoms with Gasteiger partial charge in [0.15, 0.2) is 0 Å². The monoisotopic (exact) mass is 774 g/mol. The van der Waals surface area contributed by atoms with Crippen molar-refractivity contribution in [1.29, 1.82) is 0 Å². The van der Waals surface area contributed by atoms with Gasteiger partial charge in [-0.05, 0) is 56.2 Å². The van der Waals surface area contributed by atoms with Crippen molar-refractivity contribution in [3.63, 3.8) is 0 Å². The molecule has 3 N–H and O–H groups in total. The van der Waals surface area contributed by atoms with Crippen LogP contribution < -0.4 is 10.6 Å². The molecule has 4 amide bonds. The lowest BCUT2D eigenvalue weighted by molar-refractivity contribution is -0.148. The normalized spacial score (nSPS) is 19.0. The van der Waals surface area contributed by atoms with Crippen molar-refractivity contribution in [3.05, 3.63) is 35.9 Å². The number of nitrogens with zero attached hydrogens (tertiary/aromatic N) is 3. The number of hydrogen-bond acceptors (Lipinski definition) is 8. The van der Waals surface area contributed by atoms with Crippen molar-refractivity contribution in [2.75, 3.05) is 41.4 Å². The maximum atomic E-state index is 14.3. The molecule has 1 aromatic rings. The van der Waals surface area contributed by atoms with Crippen molar-refractivity contribution in [1.82, 2.24) is 25.3 Å². The summed E-state index contributed by atoms with van der Waals surface area (Å²) in [5, 5.41) is 15.7. The summed E-state index contributed by atoms with van der Waals surface area (Å²) in [6.45, 7) is 16.9. The van der Waals surface area contributed by atoms with E-state index in [9.17, 15) is 29.1 Å². The van der Waals surface area contributed by atoms with Crippen LogP contribution in [0, 0.1) is 23.7 Å². The zero-order valence-corrected chi connectivity index (χ0v) is 35.5. The molecule has 1 aliphatic rings. The van der Waals surface area contributed by atoms with E-state index in [0.29, 0.717) is 19.4 Å². The van der Waals surface area contributed by atoms with Crippen LogP contribution in [0.1, 0.15) is 93.1 Å². The third kappa shape index (κ3) is 13.0. The molecule has 13 heteroatoms. The van der Waals surface area contributed by atoms with Crippen LogP contribution >= 0.6 is 0 Å². The van der Waals surface area contributed by atoms with E-state index in [2.05, 4.69) is 17.6 Å². The number of likely N-dealkylation sites (N-methyl/N-ethyl adjacent to an activating group) is 2. The first-order valence-electron chi connectivity index (χ1n) is 20.1. The number of carboxylic acid groups (broad SMARTS) is 1. The minimum Gasteiger partial charge on any atom is -0.480 e. The number of aliphatic carboxylic acids is 1. The average molecular weight is 774 g/mol. The Hall–Kier alpha value is -3.55. The molecule has 0 bridgehead atoms. The summed E-state index contributed by atoms with van der Waals surface area (Å²) in [4.78, 5) is 73.3. The first kappa shape index (κ1) is 47.6. The second-order valence-electron chi connectivity index (χ2n) is 16.1. The number of nitrogens with one attached hydrogen (secondary N) is 2. The van der Waals surface area contributed by atoms with Crippen LogP contribution in [0.3, 0.4) is 0 Å². The molecule has 1 aromatic carbocycles. The van der Waals surface area contributed by atoms with Crippen molar-refractivity contribution >= 4 is 29.6 Å². The second kappa shape index (κ2) is 22.9. The lowest BCUT2D eigenvalue weighted by atomic mass is 9.89. The molecular formula is C42H71N5O8. The van der Waals surface area contributed by atoms with Gasteiger partial charge in [0.2, 0.25) is 23.6 Å². The van der Waals surface area contributed by atoms with Gasteiger partial charge < -0.3 is 35.0 Å². The number of ether oxygens (including phenoxy) is 2. The Balaban J connectivity index is 2.28. The Morgan fingerprint density at radius 2 is 1.55 bits per heavy atom. The smallest absolute Gasteiger partial charge is 0.326 e. The molecule has 1 saturated heterocycles. The van der Waals surface area contributed by atoms with Crippen LogP contribution in [0.25, 0.3) is 0 Å². The fraction of sp³-hybridized carbons (Fsp3) is 0.738. The topological polar surface area (TPSA) is 158 Å². The zero-order chi connectivity index (χ0) is 41.6. The van der Waals surface area contributed by atoms with E-state index in [1.165, 1.54) is 7.11 Å². The molecular weight excluding hydrogens is 702 g/mol. The van der Waals surface area contributed by atoms with Gasteiger partial charge >= 0.3 is 5.97 Å². The Morgan fingerprint density at radius 3 is 2.05 bits per heavy atom. The Bertz CT molecular complexity index is 1380. The molecule has 9 atom stereocenters. The third-order valence-corrected chi connectivity index (χ3v) is 11.3. The molecule has 0 saturated carbocycles. The number of carbonyl (C=O) groups excluding carboxylic acids is 4. The van der Waals surface area contributed by atoms with Crippen LogP contribution in [0.5, 0.6) is 0 Å². The maximum Gasteiger partial charge on any atom is 0.326 e. The minimum atomic E-state index is -1.14. The molecule has 9 unspecified atom stereocenters. The minimum absolute atomic E-state index is 0.00918. The van der Waals surface area contributed by atoms with Gasteiger partial charge in [-0.2, -0.15) is 0 Å². The average Bonchev–Trinajstić information content (AvgIpc) is 3.63. The second-order valence-corrected chi connectivity index (χ2v) is 16.1. The highest BCUT2D eigenvalue weighted by atomic mass is 16.5. The number of amides is 4. The van der Waals surface area contributed by atoms with Crippen molar-refractivity contribution in [2.24, 2.45) is 23.7 Å². The quantitative estimate of drug-likeness (QED) is 0.148. The Morgan fingerprint density at radius 1 is 0.909 bits per heavy atom. The van der Waals surface area contributed by atoms with Gasteiger partial charge in [0.1, 0.15) is 12.1 Å². The van der Waals surface area contributed by atoms with E-state index >= 15 is 0 Å². The highest BCUT2D eigenvalue weighted by Crippen LogP contribution is 2.30. The number of rotatable bonds is 23. The number of hydrogen-bond donors (Lipinski definition) is 3. The van der Waals surface area contributed by atoms with Crippen LogP contribution in [0.15, 0.2) is 30.3 Å². The lowest BCUT2D eigenvalue weighted by Gasteiger charge is -2.41. The first-order valence-corrected chi connectivity index (χ1v) is 20.1. The predicted molar refractivity (Wildman–Crippen MR) is 214 cm³/mol. The molecule has 13 nitrogen and oxygen atoms in total. The molecule has 312 valence electrons. The summed E-state index contributed by atoms with van der Waals surface area (Å²) in [5.74, 6) is -3.16. The van der Waals surface area contributed by atoms with Crippen LogP contribution in [0.2, 0.25) is 0 Å². The van der Waals surface area contributed by atoms with Gasteiger partial charge in [0, 0.05) is 34.2 Å². The number of carboxylic acids is 1. The van der Waals surface area contributed by atoms with Gasteiger partial charge in [-0.1, -0.05) is 92.1 Å². The van der Waals surface area contributed by atoms with E-state index in [1.54, 1.807) is 30.9 Å². The fourth-order valence-electron chi connectivity index (χ4n) is 8.13. The van der Waals surface area contributed by atoms with Crippen molar-refractivity contribution in [3.8, 4) is 0 Å². The molecule has 0 aliphatic carbocycles. The van der Waals surface area contributed by atoms with E-state index in [1.807, 2.05) is 83.8 Å². The van der Waals surface area contributed by atoms with E-state index in [-0.39, 0.29) is 54.4 Å². The van der Waals surface area contributed by atoms with E-state index in [4.69, 9.17) is 9.47 Å². The van der Waals surface area contributed by atoms with Crippen LogP contribution in [-0.4, -0.2) is 133 Å². The summed E-state index contributed by atoms with van der Waals surface area (Å²) in [6.07, 6.45) is 1.72. The summed E-state index contributed by atoms with van der Waals surface area (Å²) >= 11 is 0. The van der Waals surface area contributed by atoms with Gasteiger partial charge in [0.25, 0.3) is 0 Å².